The molecule has 0 fully saturated rings. The molecule has 0 aliphatic heterocycles. The van der Waals surface area contributed by atoms with E-state index in [4.69, 9.17) is 10.5 Å². The zero-order valence-electron chi connectivity index (χ0n) is 6.93. The summed E-state index contributed by atoms with van der Waals surface area (Å²) >= 11 is 0. The maximum absolute atomic E-state index is 12.2. The van der Waals surface area contributed by atoms with Crippen LogP contribution in [0.1, 0.15) is 0 Å². The van der Waals surface area contributed by atoms with E-state index in [0.29, 0.717) is 0 Å². The minimum absolute atomic E-state index is 0.000741. The molecule has 0 heterocycles. The number of halogens is 3. The van der Waals surface area contributed by atoms with Gasteiger partial charge in [0.1, 0.15) is 5.75 Å². The summed E-state index contributed by atoms with van der Waals surface area (Å²) in [6, 6.07) is 3.04. The molecule has 0 radical (unpaired) electrons. The van der Waals surface area contributed by atoms with Crippen molar-refractivity contribution in [1.29, 1.82) is 0 Å². The van der Waals surface area contributed by atoms with Crippen LogP contribution >= 0.6 is 0 Å². The SMILES string of the molecule is COc1ccc([B-](F)(F)F)cc1N. The second-order valence-corrected chi connectivity index (χ2v) is 2.58. The summed E-state index contributed by atoms with van der Waals surface area (Å²) in [4.78, 5) is 0. The van der Waals surface area contributed by atoms with E-state index in [0.717, 1.165) is 12.1 Å². The highest BCUT2D eigenvalue weighted by molar-refractivity contribution is 6.73. The van der Waals surface area contributed by atoms with Crippen molar-refractivity contribution in [2.75, 3.05) is 12.8 Å². The zero-order chi connectivity index (χ0) is 10.1. The number of nitrogen functional groups attached to an aromatic ring is 1. The number of ether oxygens (including phenoxy) is 1. The normalized spacial score (nSPS) is 11.4. The van der Waals surface area contributed by atoms with E-state index in [1.165, 1.54) is 13.2 Å². The van der Waals surface area contributed by atoms with E-state index in [9.17, 15) is 12.9 Å². The summed E-state index contributed by atoms with van der Waals surface area (Å²) in [5, 5.41) is 0. The van der Waals surface area contributed by atoms with Gasteiger partial charge >= 0.3 is 6.98 Å². The van der Waals surface area contributed by atoms with Crippen molar-refractivity contribution in [3.05, 3.63) is 18.2 Å². The van der Waals surface area contributed by atoms with Crippen molar-refractivity contribution < 1.29 is 17.7 Å². The van der Waals surface area contributed by atoms with Crippen molar-refractivity contribution in [3.63, 3.8) is 0 Å². The van der Waals surface area contributed by atoms with E-state index in [1.807, 2.05) is 0 Å². The molecule has 0 saturated carbocycles. The van der Waals surface area contributed by atoms with Crippen LogP contribution in [0.15, 0.2) is 18.2 Å². The van der Waals surface area contributed by atoms with Crippen molar-refractivity contribution in [1.82, 2.24) is 0 Å². The van der Waals surface area contributed by atoms with Crippen LogP contribution in [0, 0.1) is 0 Å². The fourth-order valence-electron chi connectivity index (χ4n) is 0.956. The molecule has 0 saturated heterocycles. The van der Waals surface area contributed by atoms with Crippen LogP contribution in [0.25, 0.3) is 0 Å². The monoisotopic (exact) mass is 190 g/mol. The number of anilines is 1. The van der Waals surface area contributed by atoms with E-state index >= 15 is 0 Å². The van der Waals surface area contributed by atoms with Gasteiger partial charge in [-0.15, -0.1) is 5.46 Å². The Bertz CT molecular complexity index is 313. The lowest BCUT2D eigenvalue weighted by molar-refractivity contribution is 0.417. The van der Waals surface area contributed by atoms with Gasteiger partial charge in [-0.25, -0.2) is 0 Å². The van der Waals surface area contributed by atoms with Crippen LogP contribution in [0.5, 0.6) is 5.75 Å². The standard InChI is InChI=1S/C7H8BF3NO/c1-13-7-3-2-5(4-6(7)12)8(9,10)11/h2-4H,12H2,1H3/q-1. The summed E-state index contributed by atoms with van der Waals surface area (Å²) in [7, 11) is 1.35. The van der Waals surface area contributed by atoms with Gasteiger partial charge in [0.15, 0.2) is 0 Å². The smallest absolute Gasteiger partial charge is 0.495 e. The molecular weight excluding hydrogens is 182 g/mol. The molecule has 0 aliphatic carbocycles. The van der Waals surface area contributed by atoms with Crippen molar-refractivity contribution in [2.45, 2.75) is 0 Å². The minimum Gasteiger partial charge on any atom is -0.495 e. The molecule has 13 heavy (non-hydrogen) atoms. The van der Waals surface area contributed by atoms with Crippen LogP contribution < -0.4 is 15.9 Å². The summed E-state index contributed by atoms with van der Waals surface area (Å²) in [6.45, 7) is -4.98. The van der Waals surface area contributed by atoms with Gasteiger partial charge in [0.25, 0.3) is 0 Å². The number of rotatable bonds is 2. The van der Waals surface area contributed by atoms with Gasteiger partial charge in [-0.1, -0.05) is 12.1 Å². The molecule has 0 atom stereocenters. The Kier molecular flexibility index (Phi) is 2.40. The number of hydrogen-bond acceptors (Lipinski definition) is 2. The maximum Gasteiger partial charge on any atom is 0.509 e. The third-order valence-electron chi connectivity index (χ3n) is 1.63. The van der Waals surface area contributed by atoms with Gasteiger partial charge in [0.2, 0.25) is 0 Å². The molecule has 0 bridgehead atoms. The number of hydrogen-bond donors (Lipinski definition) is 1. The molecule has 1 aromatic rings. The molecule has 72 valence electrons. The molecule has 2 nitrogen and oxygen atoms in total. The first-order valence-corrected chi connectivity index (χ1v) is 3.58. The lowest BCUT2D eigenvalue weighted by Gasteiger charge is -2.16. The topological polar surface area (TPSA) is 35.2 Å². The molecule has 0 spiro atoms. The van der Waals surface area contributed by atoms with Gasteiger partial charge < -0.3 is 23.4 Å². The van der Waals surface area contributed by atoms with Gasteiger partial charge in [0.05, 0.1) is 12.8 Å². The van der Waals surface area contributed by atoms with Crippen molar-refractivity contribution in [3.8, 4) is 5.75 Å². The van der Waals surface area contributed by atoms with E-state index < -0.39 is 12.4 Å². The third kappa shape index (κ3) is 2.08. The summed E-state index contributed by atoms with van der Waals surface area (Å²) in [6.07, 6.45) is 0. The lowest BCUT2D eigenvalue weighted by atomic mass is 9.80. The Balaban J connectivity index is 3.10. The highest BCUT2D eigenvalue weighted by atomic mass is 19.4. The largest absolute Gasteiger partial charge is 0.509 e. The first kappa shape index (κ1) is 9.76. The fourth-order valence-corrected chi connectivity index (χ4v) is 0.956. The highest BCUT2D eigenvalue weighted by Crippen LogP contribution is 2.20. The predicted octanol–water partition coefficient (Wildman–Crippen LogP) is 1.33. The molecule has 1 aromatic carbocycles. The Morgan fingerprint density at radius 3 is 2.31 bits per heavy atom. The first-order chi connectivity index (χ1) is 5.95. The van der Waals surface area contributed by atoms with Crippen LogP contribution in [0.4, 0.5) is 18.6 Å². The first-order valence-electron chi connectivity index (χ1n) is 3.58. The number of methoxy groups -OCH3 is 1. The third-order valence-corrected chi connectivity index (χ3v) is 1.63. The Morgan fingerprint density at radius 1 is 1.31 bits per heavy atom. The number of nitrogens with two attached hydrogens (primary N) is 1. The average Bonchev–Trinajstić information content (AvgIpc) is 2.02. The average molecular weight is 190 g/mol. The van der Waals surface area contributed by atoms with E-state index in [-0.39, 0.29) is 11.4 Å². The van der Waals surface area contributed by atoms with Crippen LogP contribution in [0.2, 0.25) is 0 Å². The van der Waals surface area contributed by atoms with Crippen LogP contribution in [-0.2, 0) is 0 Å². The lowest BCUT2D eigenvalue weighted by Crippen LogP contribution is -2.34. The zero-order valence-corrected chi connectivity index (χ0v) is 6.93. The summed E-state index contributed by atoms with van der Waals surface area (Å²) in [5.41, 5.74) is 4.60. The van der Waals surface area contributed by atoms with E-state index in [1.54, 1.807) is 0 Å². The predicted molar refractivity (Wildman–Crippen MR) is 46.1 cm³/mol. The Morgan fingerprint density at radius 2 is 1.92 bits per heavy atom. The molecule has 0 amide bonds. The summed E-state index contributed by atoms with van der Waals surface area (Å²) < 4.78 is 41.2. The molecule has 1 rings (SSSR count). The van der Waals surface area contributed by atoms with Crippen LogP contribution in [0.3, 0.4) is 0 Å². The Hall–Kier alpha value is -1.33. The van der Waals surface area contributed by atoms with Gasteiger partial charge in [-0.05, 0) is 6.07 Å². The second kappa shape index (κ2) is 3.20. The van der Waals surface area contributed by atoms with Gasteiger partial charge in [0, 0.05) is 0 Å². The van der Waals surface area contributed by atoms with Gasteiger partial charge in [-0.2, -0.15) is 0 Å². The maximum atomic E-state index is 12.2. The highest BCUT2D eigenvalue weighted by Gasteiger charge is 2.25. The Labute approximate surface area is 73.6 Å². The van der Waals surface area contributed by atoms with Crippen molar-refractivity contribution >= 4 is 18.1 Å². The quantitative estimate of drug-likeness (QED) is 0.563. The second-order valence-electron chi connectivity index (χ2n) is 2.58. The molecule has 0 aromatic heterocycles. The molecule has 2 N–H and O–H groups in total. The fraction of sp³-hybridized carbons (Fsp3) is 0.143. The van der Waals surface area contributed by atoms with E-state index in [2.05, 4.69) is 0 Å². The number of benzene rings is 1. The van der Waals surface area contributed by atoms with Crippen LogP contribution in [-0.4, -0.2) is 14.1 Å². The molecule has 0 unspecified atom stereocenters. The molecular formula is C7H8BF3NO-. The van der Waals surface area contributed by atoms with Crippen molar-refractivity contribution in [2.24, 2.45) is 0 Å². The molecule has 0 aliphatic rings. The summed E-state index contributed by atoms with van der Waals surface area (Å²) in [5.74, 6) is 0.254. The minimum atomic E-state index is -4.98. The molecule has 6 heteroatoms. The van der Waals surface area contributed by atoms with Gasteiger partial charge in [-0.3, -0.25) is 0 Å².